The number of benzene rings is 1. The summed E-state index contributed by atoms with van der Waals surface area (Å²) in [6.45, 7) is 1.92. The number of aryl methyl sites for hydroxylation is 1. The molecule has 0 heterocycles. The number of carboxylic acid groups (broad SMARTS) is 1. The number of carboxylic acids is 1. The summed E-state index contributed by atoms with van der Waals surface area (Å²) in [6, 6.07) is 5.52. The summed E-state index contributed by atoms with van der Waals surface area (Å²) in [7, 11) is 1.61. The van der Waals surface area contributed by atoms with Gasteiger partial charge in [-0.05, 0) is 30.7 Å². The van der Waals surface area contributed by atoms with E-state index >= 15 is 0 Å². The van der Waals surface area contributed by atoms with Gasteiger partial charge in [0.15, 0.2) is 0 Å². The lowest BCUT2D eigenvalue weighted by molar-refractivity contribution is -0.131. The Morgan fingerprint density at radius 2 is 2.27 bits per heavy atom. The fourth-order valence-corrected chi connectivity index (χ4v) is 1.18. The normalized spacial score (nSPS) is 10.3. The van der Waals surface area contributed by atoms with Crippen LogP contribution in [-0.2, 0) is 4.79 Å². The number of anilines is 1. The molecule has 0 fully saturated rings. The maximum Gasteiger partial charge on any atom is 0.329 e. The lowest BCUT2D eigenvalue weighted by Gasteiger charge is -2.06. The Kier molecular flexibility index (Phi) is 3.74. The van der Waals surface area contributed by atoms with Gasteiger partial charge in [0.1, 0.15) is 5.75 Å². The maximum absolute atomic E-state index is 10.2. The first-order valence-corrected chi connectivity index (χ1v) is 4.44. The number of carbonyl (C=O) groups is 1. The van der Waals surface area contributed by atoms with E-state index in [2.05, 4.69) is 5.32 Å². The van der Waals surface area contributed by atoms with Crippen LogP contribution in [0.15, 0.2) is 30.5 Å². The van der Waals surface area contributed by atoms with Crippen LogP contribution in [0.2, 0.25) is 0 Å². The lowest BCUT2D eigenvalue weighted by atomic mass is 10.2. The average molecular weight is 207 g/mol. The quantitative estimate of drug-likeness (QED) is 0.741. The molecule has 1 rings (SSSR count). The number of hydrogen-bond donors (Lipinski definition) is 2. The van der Waals surface area contributed by atoms with E-state index in [0.29, 0.717) is 0 Å². The lowest BCUT2D eigenvalue weighted by Crippen LogP contribution is -1.93. The average Bonchev–Trinajstić information content (AvgIpc) is 2.17. The van der Waals surface area contributed by atoms with Crippen molar-refractivity contribution in [3.8, 4) is 5.75 Å². The fourth-order valence-electron chi connectivity index (χ4n) is 1.18. The van der Waals surface area contributed by atoms with Crippen molar-refractivity contribution in [3.63, 3.8) is 0 Å². The molecule has 0 aromatic heterocycles. The Hall–Kier alpha value is -1.97. The van der Waals surface area contributed by atoms with Gasteiger partial charge in [-0.1, -0.05) is 0 Å². The minimum Gasteiger partial charge on any atom is -0.496 e. The highest BCUT2D eigenvalue weighted by Gasteiger charge is 1.97. The fraction of sp³-hybridized carbons (Fsp3) is 0.182. The zero-order valence-electron chi connectivity index (χ0n) is 8.65. The first-order chi connectivity index (χ1) is 7.13. The summed E-state index contributed by atoms with van der Waals surface area (Å²) in [4.78, 5) is 10.2. The molecule has 0 aliphatic carbocycles. The van der Waals surface area contributed by atoms with Crippen molar-refractivity contribution >= 4 is 11.7 Å². The van der Waals surface area contributed by atoms with Crippen LogP contribution in [0, 0.1) is 6.92 Å². The SMILES string of the molecule is COc1ccc(N/C=C/C(=O)O)cc1C. The van der Waals surface area contributed by atoms with E-state index < -0.39 is 5.97 Å². The second-order valence-corrected chi connectivity index (χ2v) is 3.00. The summed E-state index contributed by atoms with van der Waals surface area (Å²) in [5.41, 5.74) is 1.82. The summed E-state index contributed by atoms with van der Waals surface area (Å²) in [5, 5.41) is 11.2. The Balaban J connectivity index is 2.71. The molecule has 0 aliphatic heterocycles. The van der Waals surface area contributed by atoms with Crippen molar-refractivity contribution in [2.45, 2.75) is 6.92 Å². The van der Waals surface area contributed by atoms with Crippen molar-refractivity contribution in [1.82, 2.24) is 0 Å². The summed E-state index contributed by atoms with van der Waals surface area (Å²) in [6.07, 6.45) is 2.42. The van der Waals surface area contributed by atoms with Crippen molar-refractivity contribution in [2.24, 2.45) is 0 Å². The summed E-state index contributed by atoms with van der Waals surface area (Å²) < 4.78 is 5.10. The van der Waals surface area contributed by atoms with Gasteiger partial charge < -0.3 is 15.2 Å². The minimum atomic E-state index is -0.979. The number of ether oxygens (including phenoxy) is 1. The van der Waals surface area contributed by atoms with E-state index in [0.717, 1.165) is 23.1 Å². The van der Waals surface area contributed by atoms with Crippen LogP contribution in [0.4, 0.5) is 5.69 Å². The molecule has 0 unspecified atom stereocenters. The van der Waals surface area contributed by atoms with Crippen molar-refractivity contribution in [3.05, 3.63) is 36.0 Å². The number of nitrogens with one attached hydrogen (secondary N) is 1. The van der Waals surface area contributed by atoms with E-state index in [1.807, 2.05) is 25.1 Å². The Bertz CT molecular complexity index is 385. The molecule has 0 bridgehead atoms. The monoisotopic (exact) mass is 207 g/mol. The third-order valence-electron chi connectivity index (χ3n) is 1.87. The molecule has 15 heavy (non-hydrogen) atoms. The zero-order chi connectivity index (χ0) is 11.3. The minimum absolute atomic E-state index is 0.808. The molecule has 1 aromatic rings. The molecule has 0 saturated carbocycles. The molecule has 4 heteroatoms. The van der Waals surface area contributed by atoms with E-state index in [1.54, 1.807) is 7.11 Å². The van der Waals surface area contributed by atoms with Crippen molar-refractivity contribution in [1.29, 1.82) is 0 Å². The standard InChI is InChI=1S/C11H13NO3/c1-8-7-9(3-4-10(8)15-2)12-6-5-11(13)14/h3-7,12H,1-2H3,(H,13,14)/b6-5+. The van der Waals surface area contributed by atoms with Crippen LogP contribution in [0.3, 0.4) is 0 Å². The second kappa shape index (κ2) is 5.05. The highest BCUT2D eigenvalue weighted by Crippen LogP contribution is 2.21. The molecule has 0 spiro atoms. The maximum atomic E-state index is 10.2. The molecule has 0 radical (unpaired) electrons. The van der Waals surface area contributed by atoms with Crippen LogP contribution < -0.4 is 10.1 Å². The molecule has 0 aliphatic rings. The van der Waals surface area contributed by atoms with E-state index in [9.17, 15) is 4.79 Å². The third kappa shape index (κ3) is 3.34. The Morgan fingerprint density at radius 3 is 2.80 bits per heavy atom. The molecular weight excluding hydrogens is 194 g/mol. The molecule has 0 atom stereocenters. The molecule has 4 nitrogen and oxygen atoms in total. The Labute approximate surface area is 88.2 Å². The predicted molar refractivity (Wildman–Crippen MR) is 58.1 cm³/mol. The first-order valence-electron chi connectivity index (χ1n) is 4.44. The smallest absolute Gasteiger partial charge is 0.329 e. The van der Waals surface area contributed by atoms with Gasteiger partial charge in [-0.2, -0.15) is 0 Å². The molecule has 2 N–H and O–H groups in total. The van der Waals surface area contributed by atoms with Gasteiger partial charge >= 0.3 is 5.97 Å². The second-order valence-electron chi connectivity index (χ2n) is 3.00. The first kappa shape index (κ1) is 11.1. The molecule has 1 aromatic carbocycles. The van der Waals surface area contributed by atoms with E-state index in [-0.39, 0.29) is 0 Å². The molecule has 80 valence electrons. The van der Waals surface area contributed by atoms with Crippen molar-refractivity contribution in [2.75, 3.05) is 12.4 Å². The van der Waals surface area contributed by atoms with Crippen LogP contribution >= 0.6 is 0 Å². The largest absolute Gasteiger partial charge is 0.496 e. The van der Waals surface area contributed by atoms with Gasteiger partial charge in [-0.15, -0.1) is 0 Å². The van der Waals surface area contributed by atoms with Crippen LogP contribution in [0.25, 0.3) is 0 Å². The highest BCUT2D eigenvalue weighted by atomic mass is 16.5. The van der Waals surface area contributed by atoms with Crippen LogP contribution in [0.5, 0.6) is 5.75 Å². The van der Waals surface area contributed by atoms with Gasteiger partial charge in [0.25, 0.3) is 0 Å². The molecule has 0 amide bonds. The van der Waals surface area contributed by atoms with Gasteiger partial charge in [0.2, 0.25) is 0 Å². The van der Waals surface area contributed by atoms with E-state index in [1.165, 1.54) is 6.20 Å². The third-order valence-corrected chi connectivity index (χ3v) is 1.87. The Morgan fingerprint density at radius 1 is 1.53 bits per heavy atom. The number of aliphatic carboxylic acids is 1. The van der Waals surface area contributed by atoms with Crippen LogP contribution in [-0.4, -0.2) is 18.2 Å². The zero-order valence-corrected chi connectivity index (χ0v) is 8.65. The molecular formula is C11H13NO3. The van der Waals surface area contributed by atoms with Gasteiger partial charge in [-0.3, -0.25) is 0 Å². The van der Waals surface area contributed by atoms with Gasteiger partial charge in [-0.25, -0.2) is 4.79 Å². The van der Waals surface area contributed by atoms with Gasteiger partial charge in [0.05, 0.1) is 7.11 Å². The topological polar surface area (TPSA) is 58.6 Å². The number of rotatable bonds is 4. The highest BCUT2D eigenvalue weighted by molar-refractivity contribution is 5.80. The van der Waals surface area contributed by atoms with E-state index in [4.69, 9.17) is 9.84 Å². The summed E-state index contributed by atoms with van der Waals surface area (Å²) in [5.74, 6) is -0.171. The van der Waals surface area contributed by atoms with Crippen molar-refractivity contribution < 1.29 is 14.6 Å². The number of methoxy groups -OCH3 is 1. The van der Waals surface area contributed by atoms with Crippen LogP contribution in [0.1, 0.15) is 5.56 Å². The molecule has 0 saturated heterocycles. The predicted octanol–water partition coefficient (Wildman–Crippen LogP) is 2.01. The summed E-state index contributed by atoms with van der Waals surface area (Å²) >= 11 is 0. The van der Waals surface area contributed by atoms with Gasteiger partial charge in [0, 0.05) is 18.0 Å². The number of hydrogen-bond acceptors (Lipinski definition) is 3.